The fourth-order valence-corrected chi connectivity index (χ4v) is 3.90. The molecule has 12 nitrogen and oxygen atoms in total. The average Bonchev–Trinajstić information content (AvgIpc) is 3.25. The number of aliphatic hydroxyl groups excluding tert-OH is 2. The summed E-state index contributed by atoms with van der Waals surface area (Å²) in [5, 5.41) is 20.5. The van der Waals surface area contributed by atoms with Gasteiger partial charge in [-0.2, -0.15) is 26.3 Å². The van der Waals surface area contributed by atoms with Crippen molar-refractivity contribution in [2.24, 2.45) is 0 Å². The number of aliphatic hydroxyl groups is 2. The number of phosphoric ester groups is 1. The standard InChI is InChI=1S/C14H16F6N5O7P/c15-13(16,17)2-30-33(28,31-3-14(18,19)20)29-1-6-8(26)9(27)12(32-6)25-5-24-7-10(21)22-4-23-11(7)25/h4-6,8-9,12,26-27H,1-3H2,(H2,21,22,23)/t6-,8-,9+,12-/m1/s1. The number of nitrogens with zero attached hydrogens (tertiary/aromatic N) is 4. The highest BCUT2D eigenvalue weighted by Crippen LogP contribution is 2.52. The van der Waals surface area contributed by atoms with E-state index >= 15 is 0 Å². The van der Waals surface area contributed by atoms with Crippen LogP contribution in [-0.2, 0) is 22.9 Å². The highest BCUT2D eigenvalue weighted by atomic mass is 31.2. The van der Waals surface area contributed by atoms with Crippen molar-refractivity contribution in [2.75, 3.05) is 25.6 Å². The van der Waals surface area contributed by atoms with Gasteiger partial charge in [-0.3, -0.25) is 18.1 Å². The normalized spacial score (nSPS) is 24.6. The molecule has 19 heteroatoms. The van der Waals surface area contributed by atoms with Gasteiger partial charge >= 0.3 is 20.2 Å². The minimum absolute atomic E-state index is 0.00349. The van der Waals surface area contributed by atoms with Gasteiger partial charge in [0.15, 0.2) is 30.9 Å². The van der Waals surface area contributed by atoms with Gasteiger partial charge in [-0.25, -0.2) is 19.5 Å². The summed E-state index contributed by atoms with van der Waals surface area (Å²) < 4.78 is 105. The molecule has 33 heavy (non-hydrogen) atoms. The third-order valence-electron chi connectivity index (χ3n) is 4.17. The zero-order valence-corrected chi connectivity index (χ0v) is 17.0. The van der Waals surface area contributed by atoms with Crippen LogP contribution < -0.4 is 5.73 Å². The Hall–Kier alpha value is -2.08. The summed E-state index contributed by atoms with van der Waals surface area (Å²) in [5.41, 5.74) is 5.88. The number of ether oxygens (including phenoxy) is 1. The second-order valence-electron chi connectivity index (χ2n) is 6.65. The highest BCUT2D eigenvalue weighted by molar-refractivity contribution is 7.48. The number of phosphoric acid groups is 1. The summed E-state index contributed by atoms with van der Waals surface area (Å²) in [7, 11) is -5.41. The summed E-state index contributed by atoms with van der Waals surface area (Å²) in [6.45, 7) is -5.53. The molecule has 0 aromatic carbocycles. The molecule has 0 bridgehead atoms. The van der Waals surface area contributed by atoms with E-state index in [0.29, 0.717) is 0 Å². The van der Waals surface area contributed by atoms with Crippen molar-refractivity contribution in [3.63, 3.8) is 0 Å². The number of fused-ring (bicyclic) bond motifs is 1. The molecule has 2 aromatic heterocycles. The molecule has 0 amide bonds. The van der Waals surface area contributed by atoms with Gasteiger partial charge < -0.3 is 20.7 Å². The van der Waals surface area contributed by atoms with Gasteiger partial charge in [0, 0.05) is 0 Å². The number of hydrogen-bond donors (Lipinski definition) is 3. The number of hydrogen-bond acceptors (Lipinski definition) is 11. The molecular weight excluding hydrogens is 495 g/mol. The molecule has 0 unspecified atom stereocenters. The zero-order chi connectivity index (χ0) is 24.6. The molecular formula is C14H16F6N5O7P. The number of rotatable bonds is 8. The van der Waals surface area contributed by atoms with E-state index < -0.39 is 64.5 Å². The molecule has 3 rings (SSSR count). The lowest BCUT2D eigenvalue weighted by Crippen LogP contribution is -2.34. The van der Waals surface area contributed by atoms with Crippen LogP contribution in [0.25, 0.3) is 11.2 Å². The number of nitrogens with two attached hydrogens (primary N) is 1. The first kappa shape index (κ1) is 25.5. The van der Waals surface area contributed by atoms with E-state index in [1.165, 1.54) is 0 Å². The predicted molar refractivity (Wildman–Crippen MR) is 93.2 cm³/mol. The van der Waals surface area contributed by atoms with Crippen molar-refractivity contribution in [1.82, 2.24) is 19.5 Å². The van der Waals surface area contributed by atoms with E-state index in [1.54, 1.807) is 0 Å². The Labute approximate surface area is 179 Å². The van der Waals surface area contributed by atoms with Crippen LogP contribution in [0.4, 0.5) is 32.2 Å². The Bertz CT molecular complexity index is 998. The second-order valence-corrected chi connectivity index (χ2v) is 8.32. The lowest BCUT2D eigenvalue weighted by atomic mass is 10.1. The van der Waals surface area contributed by atoms with Gasteiger partial charge in [0.2, 0.25) is 0 Å². The van der Waals surface area contributed by atoms with Crippen LogP contribution in [0.1, 0.15) is 6.23 Å². The van der Waals surface area contributed by atoms with Crippen LogP contribution in [0.5, 0.6) is 0 Å². The number of nitrogen functional groups attached to an aromatic ring is 1. The Morgan fingerprint density at radius 2 is 1.64 bits per heavy atom. The SMILES string of the molecule is Nc1ncnc2c1ncn2[C@@H]1O[C@H](COP(=O)(OCC(F)(F)F)OCC(F)(F)F)[C@@H](O)[C@@H]1O. The molecule has 1 fully saturated rings. The smallest absolute Gasteiger partial charge is 0.387 e. The summed E-state index contributed by atoms with van der Waals surface area (Å²) in [6, 6.07) is 0. The molecule has 186 valence electrons. The zero-order valence-electron chi connectivity index (χ0n) is 16.1. The number of imidazole rings is 1. The Balaban J connectivity index is 1.72. The molecule has 0 spiro atoms. The van der Waals surface area contributed by atoms with Gasteiger partial charge in [0.25, 0.3) is 0 Å². The van der Waals surface area contributed by atoms with Gasteiger partial charge in [-0.05, 0) is 0 Å². The third-order valence-corrected chi connectivity index (χ3v) is 5.52. The first-order chi connectivity index (χ1) is 15.2. The van der Waals surface area contributed by atoms with E-state index in [0.717, 1.165) is 17.2 Å². The van der Waals surface area contributed by atoms with Crippen molar-refractivity contribution >= 4 is 24.8 Å². The summed E-state index contributed by atoms with van der Waals surface area (Å²) in [6.07, 6.45) is -14.3. The van der Waals surface area contributed by atoms with Gasteiger partial charge in [0.1, 0.15) is 30.2 Å². The minimum Gasteiger partial charge on any atom is -0.387 e. The van der Waals surface area contributed by atoms with Gasteiger partial charge in [-0.15, -0.1) is 0 Å². The predicted octanol–water partition coefficient (Wildman–Crippen LogP) is 1.31. The largest absolute Gasteiger partial charge is 0.475 e. The summed E-state index contributed by atoms with van der Waals surface area (Å²) in [5.74, 6) is -0.00349. The molecule has 0 saturated carbocycles. The molecule has 4 atom stereocenters. The van der Waals surface area contributed by atoms with E-state index in [9.17, 15) is 41.1 Å². The fraction of sp³-hybridized carbons (Fsp3) is 0.643. The quantitative estimate of drug-likeness (QED) is 0.346. The van der Waals surface area contributed by atoms with E-state index in [-0.39, 0.29) is 17.0 Å². The van der Waals surface area contributed by atoms with Crippen LogP contribution >= 0.6 is 7.82 Å². The molecule has 0 radical (unpaired) electrons. The van der Waals surface area contributed by atoms with Crippen LogP contribution in [0.15, 0.2) is 12.7 Å². The van der Waals surface area contributed by atoms with Crippen LogP contribution in [0.3, 0.4) is 0 Å². The Morgan fingerprint density at radius 1 is 1.03 bits per heavy atom. The molecule has 1 saturated heterocycles. The van der Waals surface area contributed by atoms with E-state index in [2.05, 4.69) is 28.5 Å². The van der Waals surface area contributed by atoms with Crippen LogP contribution in [0, 0.1) is 0 Å². The number of alkyl halides is 6. The molecule has 1 aliphatic rings. The van der Waals surface area contributed by atoms with Crippen molar-refractivity contribution in [1.29, 1.82) is 0 Å². The second kappa shape index (κ2) is 9.28. The van der Waals surface area contributed by atoms with Gasteiger partial charge in [-0.1, -0.05) is 0 Å². The molecule has 0 aliphatic carbocycles. The topological polar surface area (TPSA) is 164 Å². The molecule has 1 aliphatic heterocycles. The Kier molecular flexibility index (Phi) is 7.18. The van der Waals surface area contributed by atoms with Crippen molar-refractivity contribution in [3.8, 4) is 0 Å². The van der Waals surface area contributed by atoms with E-state index in [1.807, 2.05) is 0 Å². The number of anilines is 1. The first-order valence-electron chi connectivity index (χ1n) is 8.81. The maximum absolute atomic E-state index is 12.4. The monoisotopic (exact) mass is 511 g/mol. The third kappa shape index (κ3) is 6.28. The maximum atomic E-state index is 12.4. The van der Waals surface area contributed by atoms with Crippen LogP contribution in [0.2, 0.25) is 0 Å². The van der Waals surface area contributed by atoms with Crippen molar-refractivity contribution in [3.05, 3.63) is 12.7 Å². The molecule has 3 heterocycles. The summed E-state index contributed by atoms with van der Waals surface area (Å²) in [4.78, 5) is 11.6. The van der Waals surface area contributed by atoms with E-state index in [4.69, 9.17) is 10.5 Å². The fourth-order valence-electron chi connectivity index (χ4n) is 2.73. The summed E-state index contributed by atoms with van der Waals surface area (Å²) >= 11 is 0. The van der Waals surface area contributed by atoms with Gasteiger partial charge in [0.05, 0.1) is 12.9 Å². The van der Waals surface area contributed by atoms with Crippen LogP contribution in [-0.4, -0.2) is 80.2 Å². The lowest BCUT2D eigenvalue weighted by molar-refractivity contribution is -0.171. The number of halogens is 6. The molecule has 2 aromatic rings. The Morgan fingerprint density at radius 3 is 2.21 bits per heavy atom. The lowest BCUT2D eigenvalue weighted by Gasteiger charge is -2.22. The highest BCUT2D eigenvalue weighted by Gasteiger charge is 2.47. The average molecular weight is 511 g/mol. The molecule has 4 N–H and O–H groups in total. The number of aromatic nitrogens is 4. The first-order valence-corrected chi connectivity index (χ1v) is 10.3. The van der Waals surface area contributed by atoms with Crippen molar-refractivity contribution in [2.45, 2.75) is 36.9 Å². The maximum Gasteiger partial charge on any atom is 0.475 e. The minimum atomic E-state index is -5.41. The van der Waals surface area contributed by atoms with Crippen molar-refractivity contribution < 1.29 is 59.4 Å².